The predicted octanol–water partition coefficient (Wildman–Crippen LogP) is 2.54. The maximum atomic E-state index is 12.4. The summed E-state index contributed by atoms with van der Waals surface area (Å²) in [4.78, 5) is 14.7. The first kappa shape index (κ1) is 15.8. The Bertz CT molecular complexity index is 503. The molecule has 1 amide bonds. The molecule has 4 heteroatoms. The van der Waals surface area contributed by atoms with Crippen molar-refractivity contribution < 1.29 is 4.79 Å². The fourth-order valence-corrected chi connectivity index (χ4v) is 2.49. The van der Waals surface area contributed by atoms with Crippen molar-refractivity contribution in [3.05, 3.63) is 29.8 Å². The van der Waals surface area contributed by atoms with Gasteiger partial charge in [-0.2, -0.15) is 0 Å². The lowest BCUT2D eigenvalue weighted by atomic mass is 10.1. The SMILES string of the molecule is CC(C(=O)NC(C)(C)C)N(Cc1ccccc1N)C1CC1. The summed E-state index contributed by atoms with van der Waals surface area (Å²) in [5, 5.41) is 3.07. The van der Waals surface area contributed by atoms with E-state index in [-0.39, 0.29) is 17.5 Å². The van der Waals surface area contributed by atoms with Crippen LogP contribution in [0.15, 0.2) is 24.3 Å². The minimum absolute atomic E-state index is 0.0869. The largest absolute Gasteiger partial charge is 0.398 e. The number of hydrogen-bond donors (Lipinski definition) is 2. The van der Waals surface area contributed by atoms with Crippen LogP contribution in [0, 0.1) is 0 Å². The van der Waals surface area contributed by atoms with Gasteiger partial charge in [-0.1, -0.05) is 18.2 Å². The summed E-state index contributed by atoms with van der Waals surface area (Å²) in [6.07, 6.45) is 2.33. The van der Waals surface area contributed by atoms with Crippen molar-refractivity contribution in [3.8, 4) is 0 Å². The molecule has 0 radical (unpaired) electrons. The van der Waals surface area contributed by atoms with Crippen LogP contribution >= 0.6 is 0 Å². The maximum absolute atomic E-state index is 12.4. The average molecular weight is 289 g/mol. The van der Waals surface area contributed by atoms with Crippen LogP contribution in [-0.4, -0.2) is 28.4 Å². The van der Waals surface area contributed by atoms with Gasteiger partial charge in [0.1, 0.15) is 0 Å². The Morgan fingerprint density at radius 3 is 2.52 bits per heavy atom. The monoisotopic (exact) mass is 289 g/mol. The number of nitrogens with zero attached hydrogens (tertiary/aromatic N) is 1. The lowest BCUT2D eigenvalue weighted by Crippen LogP contribution is -2.51. The van der Waals surface area contributed by atoms with E-state index in [9.17, 15) is 4.79 Å². The summed E-state index contributed by atoms with van der Waals surface area (Å²) >= 11 is 0. The van der Waals surface area contributed by atoms with Gasteiger partial charge < -0.3 is 11.1 Å². The number of hydrogen-bond acceptors (Lipinski definition) is 3. The molecule has 1 saturated carbocycles. The van der Waals surface area contributed by atoms with Gasteiger partial charge in [0.15, 0.2) is 0 Å². The molecule has 0 aromatic heterocycles. The van der Waals surface area contributed by atoms with Crippen LogP contribution in [0.2, 0.25) is 0 Å². The molecule has 0 saturated heterocycles. The molecule has 1 aromatic carbocycles. The minimum Gasteiger partial charge on any atom is -0.398 e. The van der Waals surface area contributed by atoms with Crippen LogP contribution in [-0.2, 0) is 11.3 Å². The third-order valence-corrected chi connectivity index (χ3v) is 3.80. The highest BCUT2D eigenvalue weighted by Gasteiger charge is 2.35. The lowest BCUT2D eigenvalue weighted by molar-refractivity contribution is -0.127. The Morgan fingerprint density at radius 1 is 1.38 bits per heavy atom. The number of nitrogens with one attached hydrogen (secondary N) is 1. The minimum atomic E-state index is -0.202. The number of amides is 1. The van der Waals surface area contributed by atoms with Gasteiger partial charge >= 0.3 is 0 Å². The Kier molecular flexibility index (Phi) is 4.57. The molecule has 1 aliphatic rings. The van der Waals surface area contributed by atoms with Crippen molar-refractivity contribution in [3.63, 3.8) is 0 Å². The topological polar surface area (TPSA) is 58.4 Å². The van der Waals surface area contributed by atoms with E-state index in [0.717, 1.165) is 17.8 Å². The first-order chi connectivity index (χ1) is 9.78. The number of nitrogen functional groups attached to an aromatic ring is 1. The van der Waals surface area contributed by atoms with Gasteiger partial charge in [-0.25, -0.2) is 0 Å². The summed E-state index contributed by atoms with van der Waals surface area (Å²) in [5.74, 6) is 0.0869. The molecule has 0 bridgehead atoms. The van der Waals surface area contributed by atoms with Crippen molar-refractivity contribution in [2.75, 3.05) is 5.73 Å². The standard InChI is InChI=1S/C17H27N3O/c1-12(16(21)19-17(2,3)4)20(14-9-10-14)11-13-7-5-6-8-15(13)18/h5-8,12,14H,9-11,18H2,1-4H3,(H,19,21). The quantitative estimate of drug-likeness (QED) is 0.819. The first-order valence-electron chi connectivity index (χ1n) is 7.69. The molecule has 1 atom stereocenters. The van der Waals surface area contributed by atoms with Crippen molar-refractivity contribution in [2.45, 2.75) is 64.7 Å². The second-order valence-corrected chi connectivity index (χ2v) is 7.02. The average Bonchev–Trinajstić information content (AvgIpc) is 3.19. The summed E-state index contributed by atoms with van der Waals surface area (Å²) in [5.41, 5.74) is 7.73. The normalized spacial score (nSPS) is 16.8. The van der Waals surface area contributed by atoms with Crippen molar-refractivity contribution in [1.29, 1.82) is 0 Å². The molecule has 1 aromatic rings. The molecule has 116 valence electrons. The van der Waals surface area contributed by atoms with Crippen LogP contribution in [0.3, 0.4) is 0 Å². The summed E-state index contributed by atoms with van der Waals surface area (Å²) in [7, 11) is 0. The van der Waals surface area contributed by atoms with Crippen LogP contribution in [0.1, 0.15) is 46.1 Å². The fourth-order valence-electron chi connectivity index (χ4n) is 2.49. The van der Waals surface area contributed by atoms with Gasteiger partial charge in [-0.15, -0.1) is 0 Å². The number of para-hydroxylation sites is 1. The lowest BCUT2D eigenvalue weighted by Gasteiger charge is -2.31. The third-order valence-electron chi connectivity index (χ3n) is 3.80. The van der Waals surface area contributed by atoms with E-state index in [1.807, 2.05) is 52.0 Å². The van der Waals surface area contributed by atoms with Gasteiger partial charge in [0.25, 0.3) is 0 Å². The molecule has 1 fully saturated rings. The van der Waals surface area contributed by atoms with Gasteiger partial charge in [-0.05, 0) is 52.2 Å². The molecular formula is C17H27N3O. The van der Waals surface area contributed by atoms with Gasteiger partial charge in [0, 0.05) is 23.8 Å². The molecule has 0 spiro atoms. The second kappa shape index (κ2) is 6.06. The van der Waals surface area contributed by atoms with Gasteiger partial charge in [0.2, 0.25) is 5.91 Å². The van der Waals surface area contributed by atoms with E-state index in [2.05, 4.69) is 10.2 Å². The number of benzene rings is 1. The van der Waals surface area contributed by atoms with E-state index in [0.29, 0.717) is 6.04 Å². The van der Waals surface area contributed by atoms with Crippen LogP contribution in [0.5, 0.6) is 0 Å². The van der Waals surface area contributed by atoms with E-state index in [1.165, 1.54) is 12.8 Å². The highest BCUT2D eigenvalue weighted by Crippen LogP contribution is 2.31. The Hall–Kier alpha value is -1.55. The molecule has 4 nitrogen and oxygen atoms in total. The van der Waals surface area contributed by atoms with E-state index >= 15 is 0 Å². The highest BCUT2D eigenvalue weighted by molar-refractivity contribution is 5.82. The first-order valence-corrected chi connectivity index (χ1v) is 7.69. The Labute approximate surface area is 127 Å². The summed E-state index contributed by atoms with van der Waals surface area (Å²) in [6, 6.07) is 8.26. The zero-order valence-electron chi connectivity index (χ0n) is 13.5. The van der Waals surface area contributed by atoms with Crippen LogP contribution < -0.4 is 11.1 Å². The summed E-state index contributed by atoms with van der Waals surface area (Å²) in [6.45, 7) is 8.74. The number of nitrogens with two attached hydrogens (primary N) is 1. The Morgan fingerprint density at radius 2 is 2.00 bits per heavy atom. The molecule has 3 N–H and O–H groups in total. The van der Waals surface area contributed by atoms with Gasteiger partial charge in [-0.3, -0.25) is 9.69 Å². The molecule has 1 unspecified atom stereocenters. The van der Waals surface area contributed by atoms with Gasteiger partial charge in [0.05, 0.1) is 6.04 Å². The zero-order chi connectivity index (χ0) is 15.6. The maximum Gasteiger partial charge on any atom is 0.237 e. The fraction of sp³-hybridized carbons (Fsp3) is 0.588. The predicted molar refractivity (Wildman–Crippen MR) is 86.8 cm³/mol. The van der Waals surface area contributed by atoms with E-state index in [4.69, 9.17) is 5.73 Å². The van der Waals surface area contributed by atoms with Crippen molar-refractivity contribution >= 4 is 11.6 Å². The van der Waals surface area contributed by atoms with Crippen LogP contribution in [0.4, 0.5) is 5.69 Å². The van der Waals surface area contributed by atoms with E-state index in [1.54, 1.807) is 0 Å². The smallest absolute Gasteiger partial charge is 0.237 e. The molecule has 0 heterocycles. The van der Waals surface area contributed by atoms with Crippen molar-refractivity contribution in [2.24, 2.45) is 0 Å². The number of rotatable bonds is 5. The van der Waals surface area contributed by atoms with Crippen LogP contribution in [0.25, 0.3) is 0 Å². The molecule has 1 aliphatic carbocycles. The number of carbonyl (C=O) groups is 1. The molecular weight excluding hydrogens is 262 g/mol. The number of carbonyl (C=O) groups excluding carboxylic acids is 1. The zero-order valence-corrected chi connectivity index (χ0v) is 13.5. The number of anilines is 1. The summed E-state index contributed by atoms with van der Waals surface area (Å²) < 4.78 is 0. The van der Waals surface area contributed by atoms with Crippen molar-refractivity contribution in [1.82, 2.24) is 10.2 Å². The Balaban J connectivity index is 2.09. The molecule has 0 aliphatic heterocycles. The highest BCUT2D eigenvalue weighted by atomic mass is 16.2. The second-order valence-electron chi connectivity index (χ2n) is 7.02. The third kappa shape index (κ3) is 4.46. The molecule has 2 rings (SSSR count). The molecule has 21 heavy (non-hydrogen) atoms. The van der Waals surface area contributed by atoms with E-state index < -0.39 is 0 Å².